The number of rotatable bonds is 8. The van der Waals surface area contributed by atoms with Gasteiger partial charge in [-0.05, 0) is 41.8 Å². The predicted molar refractivity (Wildman–Crippen MR) is 111 cm³/mol. The van der Waals surface area contributed by atoms with Crippen molar-refractivity contribution in [2.45, 2.75) is 13.5 Å². The van der Waals surface area contributed by atoms with Crippen LogP contribution in [0.4, 0.5) is 5.69 Å². The highest BCUT2D eigenvalue weighted by Crippen LogP contribution is 2.21. The summed E-state index contributed by atoms with van der Waals surface area (Å²) >= 11 is 1.51. The summed E-state index contributed by atoms with van der Waals surface area (Å²) < 4.78 is 6.64. The fraction of sp³-hybridized carbons (Fsp3) is 0.200. The van der Waals surface area contributed by atoms with Gasteiger partial charge in [-0.1, -0.05) is 6.07 Å². The fourth-order valence-corrected chi connectivity index (χ4v) is 3.18. The van der Waals surface area contributed by atoms with E-state index in [0.29, 0.717) is 30.3 Å². The Labute approximate surface area is 171 Å². The van der Waals surface area contributed by atoms with E-state index in [1.54, 1.807) is 30.3 Å². The molecule has 0 atom stereocenters. The van der Waals surface area contributed by atoms with Crippen molar-refractivity contribution in [3.63, 3.8) is 0 Å². The molecule has 0 fully saturated rings. The number of benzene rings is 1. The third-order valence-electron chi connectivity index (χ3n) is 3.82. The zero-order valence-corrected chi connectivity index (χ0v) is 16.6. The van der Waals surface area contributed by atoms with Crippen molar-refractivity contribution >= 4 is 28.8 Å². The lowest BCUT2D eigenvalue weighted by Gasteiger charge is -2.09. The van der Waals surface area contributed by atoms with Crippen molar-refractivity contribution in [1.82, 2.24) is 15.1 Å². The molecule has 0 aliphatic rings. The molecular formula is C20H20N4O4S. The van der Waals surface area contributed by atoms with Crippen molar-refractivity contribution in [2.24, 2.45) is 0 Å². The van der Waals surface area contributed by atoms with Crippen molar-refractivity contribution in [3.8, 4) is 16.3 Å². The number of carbonyl (C=O) groups is 2. The summed E-state index contributed by atoms with van der Waals surface area (Å²) in [6.07, 6.45) is 0. The van der Waals surface area contributed by atoms with Crippen LogP contribution in [0, 0.1) is 0 Å². The van der Waals surface area contributed by atoms with Gasteiger partial charge in [0.25, 0.3) is 5.56 Å². The van der Waals surface area contributed by atoms with Gasteiger partial charge in [-0.2, -0.15) is 5.10 Å². The second-order valence-electron chi connectivity index (χ2n) is 6.10. The average Bonchev–Trinajstić information content (AvgIpc) is 3.23. The van der Waals surface area contributed by atoms with Crippen LogP contribution in [0.15, 0.2) is 58.7 Å². The Bertz CT molecular complexity index is 1030. The topological polar surface area (TPSA) is 102 Å². The number of hydrogen-bond acceptors (Lipinski definition) is 6. The van der Waals surface area contributed by atoms with E-state index in [1.807, 2.05) is 17.5 Å². The van der Waals surface area contributed by atoms with Gasteiger partial charge in [0.05, 0.1) is 11.4 Å². The Balaban J connectivity index is 1.56. The molecule has 2 aromatic heterocycles. The summed E-state index contributed by atoms with van der Waals surface area (Å²) in [4.78, 5) is 36.1. The molecule has 1 aromatic carbocycles. The molecule has 0 aliphatic carbocycles. The molecule has 2 amide bonds. The Morgan fingerprint density at radius 1 is 1.14 bits per heavy atom. The minimum absolute atomic E-state index is 0.110. The molecule has 3 rings (SSSR count). The molecule has 3 aromatic rings. The Morgan fingerprint density at radius 3 is 2.62 bits per heavy atom. The normalized spacial score (nSPS) is 10.4. The molecule has 0 saturated heterocycles. The minimum atomic E-state index is -0.359. The summed E-state index contributed by atoms with van der Waals surface area (Å²) in [5.74, 6) is 0.151. The van der Waals surface area contributed by atoms with Crippen LogP contribution >= 0.6 is 11.3 Å². The van der Waals surface area contributed by atoms with Crippen LogP contribution in [0.5, 0.6) is 5.75 Å². The molecule has 9 heteroatoms. The fourth-order valence-electron chi connectivity index (χ4n) is 2.48. The zero-order chi connectivity index (χ0) is 20.6. The monoisotopic (exact) mass is 412 g/mol. The third-order valence-corrected chi connectivity index (χ3v) is 4.71. The lowest BCUT2D eigenvalue weighted by Crippen LogP contribution is -2.29. The number of carbonyl (C=O) groups excluding carboxylic acids is 2. The highest BCUT2D eigenvalue weighted by Gasteiger charge is 2.09. The minimum Gasteiger partial charge on any atom is -0.492 e. The molecule has 150 valence electrons. The van der Waals surface area contributed by atoms with Crippen LogP contribution in [-0.2, 0) is 16.1 Å². The van der Waals surface area contributed by atoms with Crippen LogP contribution in [0.25, 0.3) is 10.6 Å². The smallest absolute Gasteiger partial charge is 0.267 e. The quantitative estimate of drug-likeness (QED) is 0.552. The zero-order valence-electron chi connectivity index (χ0n) is 15.8. The highest BCUT2D eigenvalue weighted by molar-refractivity contribution is 7.13. The molecule has 29 heavy (non-hydrogen) atoms. The van der Waals surface area contributed by atoms with E-state index in [1.165, 1.54) is 24.3 Å². The van der Waals surface area contributed by atoms with E-state index in [2.05, 4.69) is 15.7 Å². The van der Waals surface area contributed by atoms with Gasteiger partial charge in [0.2, 0.25) is 11.8 Å². The summed E-state index contributed by atoms with van der Waals surface area (Å²) in [7, 11) is 0. The van der Waals surface area contributed by atoms with E-state index < -0.39 is 0 Å². The van der Waals surface area contributed by atoms with E-state index >= 15 is 0 Å². The van der Waals surface area contributed by atoms with Gasteiger partial charge >= 0.3 is 0 Å². The predicted octanol–water partition coefficient (Wildman–Crippen LogP) is 2.13. The van der Waals surface area contributed by atoms with Gasteiger partial charge in [-0.15, -0.1) is 11.3 Å². The van der Waals surface area contributed by atoms with Gasteiger partial charge in [0.15, 0.2) is 0 Å². The molecule has 0 saturated carbocycles. The summed E-state index contributed by atoms with van der Waals surface area (Å²) in [5.41, 5.74) is 0.878. The SMILES string of the molecule is CC(=O)NCCOc1ccc(NC(=O)Cn2nc(-c3cccs3)ccc2=O)cc1. The van der Waals surface area contributed by atoms with E-state index in [0.717, 1.165) is 9.56 Å². The lowest BCUT2D eigenvalue weighted by atomic mass is 10.3. The number of anilines is 1. The van der Waals surface area contributed by atoms with E-state index in [4.69, 9.17) is 4.74 Å². The van der Waals surface area contributed by atoms with Gasteiger partial charge in [-0.3, -0.25) is 14.4 Å². The Hall–Kier alpha value is -3.46. The number of nitrogens with zero attached hydrogens (tertiary/aromatic N) is 2. The average molecular weight is 412 g/mol. The number of nitrogens with one attached hydrogen (secondary N) is 2. The van der Waals surface area contributed by atoms with Crippen LogP contribution in [0.3, 0.4) is 0 Å². The number of ether oxygens (including phenoxy) is 1. The number of thiophene rings is 1. The molecule has 2 heterocycles. The van der Waals surface area contributed by atoms with Crippen LogP contribution in [0.1, 0.15) is 6.92 Å². The maximum atomic E-state index is 12.3. The van der Waals surface area contributed by atoms with Gasteiger partial charge < -0.3 is 15.4 Å². The van der Waals surface area contributed by atoms with Crippen LogP contribution in [0.2, 0.25) is 0 Å². The molecule has 0 spiro atoms. The first-order valence-electron chi connectivity index (χ1n) is 8.90. The molecular weight excluding hydrogens is 392 g/mol. The van der Waals surface area contributed by atoms with Gasteiger partial charge in [0.1, 0.15) is 24.6 Å². The number of aromatic nitrogens is 2. The summed E-state index contributed by atoms with van der Waals surface area (Å²) in [5, 5.41) is 11.6. The molecule has 0 unspecified atom stereocenters. The molecule has 0 aliphatic heterocycles. The Kier molecular flexibility index (Phi) is 6.75. The Morgan fingerprint density at radius 2 is 1.93 bits per heavy atom. The summed E-state index contributed by atoms with van der Waals surface area (Å²) in [6.45, 7) is 2.02. The van der Waals surface area contributed by atoms with E-state index in [-0.39, 0.29) is 23.9 Å². The number of amides is 2. The third kappa shape index (κ3) is 6.01. The van der Waals surface area contributed by atoms with Gasteiger partial charge in [0, 0.05) is 18.7 Å². The maximum absolute atomic E-state index is 12.3. The largest absolute Gasteiger partial charge is 0.492 e. The van der Waals surface area contributed by atoms with Gasteiger partial charge in [-0.25, -0.2) is 4.68 Å². The van der Waals surface area contributed by atoms with Crippen LogP contribution < -0.4 is 20.9 Å². The van der Waals surface area contributed by atoms with Crippen LogP contribution in [-0.4, -0.2) is 34.7 Å². The second-order valence-corrected chi connectivity index (χ2v) is 7.04. The molecule has 0 bridgehead atoms. The number of hydrogen-bond donors (Lipinski definition) is 2. The van der Waals surface area contributed by atoms with Crippen molar-refractivity contribution in [1.29, 1.82) is 0 Å². The van der Waals surface area contributed by atoms with Crippen molar-refractivity contribution in [2.75, 3.05) is 18.5 Å². The molecule has 2 N–H and O–H groups in total. The van der Waals surface area contributed by atoms with Crippen molar-refractivity contribution in [3.05, 3.63) is 64.3 Å². The molecule has 8 nitrogen and oxygen atoms in total. The first-order valence-corrected chi connectivity index (χ1v) is 9.78. The lowest BCUT2D eigenvalue weighted by molar-refractivity contribution is -0.119. The van der Waals surface area contributed by atoms with Crippen molar-refractivity contribution < 1.29 is 14.3 Å². The highest BCUT2D eigenvalue weighted by atomic mass is 32.1. The molecule has 0 radical (unpaired) electrons. The standard InChI is InChI=1S/C20H20N4O4S/c1-14(25)21-10-11-28-16-6-4-15(5-7-16)22-19(26)13-24-20(27)9-8-17(23-24)18-3-2-12-29-18/h2-9,12H,10-11,13H2,1H3,(H,21,25)(H,22,26). The second kappa shape index (κ2) is 9.65. The van der Waals surface area contributed by atoms with E-state index in [9.17, 15) is 14.4 Å². The first kappa shape index (κ1) is 20.3. The first-order chi connectivity index (χ1) is 14.0. The maximum Gasteiger partial charge on any atom is 0.267 e. The summed E-state index contributed by atoms with van der Waals surface area (Å²) in [6, 6.07) is 13.7.